The van der Waals surface area contributed by atoms with Crippen molar-refractivity contribution < 1.29 is 19.1 Å². The molecule has 2 rings (SSSR count). The summed E-state index contributed by atoms with van der Waals surface area (Å²) in [6, 6.07) is 7.33. The van der Waals surface area contributed by atoms with Gasteiger partial charge in [-0.2, -0.15) is 0 Å². The van der Waals surface area contributed by atoms with Gasteiger partial charge in [0.25, 0.3) is 0 Å². The standard InChI is InChI=1S/C23H34ClN3O4/c1-15(2)20(26-19(28)10-12-25-22(30)31-5)21(29)27-13-11-18(23(3,4)14-27)16-6-8-17(24)9-7-16/h6-9,15,18,20H,10-14H2,1-5H3,(H,25,30)(H,26,28). The lowest BCUT2D eigenvalue weighted by Gasteiger charge is -2.45. The number of methoxy groups -OCH3 is 1. The van der Waals surface area contributed by atoms with Crippen LogP contribution in [0, 0.1) is 11.3 Å². The van der Waals surface area contributed by atoms with Crippen molar-refractivity contribution in [2.24, 2.45) is 11.3 Å². The Balaban J connectivity index is 2.00. The minimum absolute atomic E-state index is 0.0536. The summed E-state index contributed by atoms with van der Waals surface area (Å²) in [5, 5.41) is 6.03. The summed E-state index contributed by atoms with van der Waals surface area (Å²) in [6.45, 7) is 9.58. The van der Waals surface area contributed by atoms with Crippen LogP contribution in [0.5, 0.6) is 0 Å². The van der Waals surface area contributed by atoms with Crippen LogP contribution in [0.4, 0.5) is 4.79 Å². The number of carbonyl (C=O) groups is 3. The van der Waals surface area contributed by atoms with Crippen LogP contribution in [0.3, 0.4) is 0 Å². The topological polar surface area (TPSA) is 87.7 Å². The largest absolute Gasteiger partial charge is 0.453 e. The van der Waals surface area contributed by atoms with Crippen LogP contribution < -0.4 is 10.6 Å². The van der Waals surface area contributed by atoms with Gasteiger partial charge in [0.15, 0.2) is 0 Å². The van der Waals surface area contributed by atoms with E-state index in [2.05, 4.69) is 41.4 Å². The summed E-state index contributed by atoms with van der Waals surface area (Å²) in [6.07, 6.45) is 0.341. The highest BCUT2D eigenvalue weighted by molar-refractivity contribution is 6.30. The van der Waals surface area contributed by atoms with E-state index in [0.717, 1.165) is 6.42 Å². The summed E-state index contributed by atoms with van der Waals surface area (Å²) in [7, 11) is 1.26. The van der Waals surface area contributed by atoms with E-state index in [-0.39, 0.29) is 36.1 Å². The van der Waals surface area contributed by atoms with Crippen LogP contribution >= 0.6 is 11.6 Å². The van der Waals surface area contributed by atoms with Crippen molar-refractivity contribution in [2.45, 2.75) is 52.5 Å². The lowest BCUT2D eigenvalue weighted by Crippen LogP contribution is -2.56. The number of halogens is 1. The van der Waals surface area contributed by atoms with E-state index in [1.807, 2.05) is 30.9 Å². The smallest absolute Gasteiger partial charge is 0.406 e. The molecule has 2 unspecified atom stereocenters. The van der Waals surface area contributed by atoms with E-state index in [9.17, 15) is 14.4 Å². The Bertz CT molecular complexity index is 780. The van der Waals surface area contributed by atoms with Gasteiger partial charge in [-0.25, -0.2) is 4.79 Å². The monoisotopic (exact) mass is 451 g/mol. The first kappa shape index (κ1) is 25.0. The molecule has 8 heteroatoms. The molecular weight excluding hydrogens is 418 g/mol. The highest BCUT2D eigenvalue weighted by Gasteiger charge is 2.40. The zero-order valence-corrected chi connectivity index (χ0v) is 19.8. The van der Waals surface area contributed by atoms with Gasteiger partial charge in [0.05, 0.1) is 7.11 Å². The fourth-order valence-electron chi connectivity index (χ4n) is 4.16. The average molecular weight is 452 g/mol. The fourth-order valence-corrected chi connectivity index (χ4v) is 4.29. The van der Waals surface area contributed by atoms with Crippen LogP contribution in [0.25, 0.3) is 0 Å². The van der Waals surface area contributed by atoms with E-state index in [0.29, 0.717) is 24.0 Å². The molecule has 172 valence electrons. The van der Waals surface area contributed by atoms with Crippen molar-refractivity contribution in [3.05, 3.63) is 34.9 Å². The van der Waals surface area contributed by atoms with Crippen LogP contribution in [-0.2, 0) is 14.3 Å². The number of nitrogens with one attached hydrogen (secondary N) is 2. The number of amides is 3. The SMILES string of the molecule is COC(=O)NCCC(=O)NC(C(=O)N1CCC(c2ccc(Cl)cc2)C(C)(C)C1)C(C)C. The van der Waals surface area contributed by atoms with Gasteiger partial charge in [-0.3, -0.25) is 9.59 Å². The number of ether oxygens (including phenoxy) is 1. The van der Waals surface area contributed by atoms with Crippen molar-refractivity contribution in [3.8, 4) is 0 Å². The van der Waals surface area contributed by atoms with E-state index >= 15 is 0 Å². The Morgan fingerprint density at radius 3 is 2.42 bits per heavy atom. The van der Waals surface area contributed by atoms with Crippen molar-refractivity contribution in [1.29, 1.82) is 0 Å². The molecule has 0 saturated carbocycles. The molecule has 7 nitrogen and oxygen atoms in total. The molecule has 1 fully saturated rings. The lowest BCUT2D eigenvalue weighted by atomic mass is 9.70. The summed E-state index contributed by atoms with van der Waals surface area (Å²) in [4.78, 5) is 38.6. The minimum Gasteiger partial charge on any atom is -0.453 e. The predicted octanol–water partition coefficient (Wildman–Crippen LogP) is 3.57. The van der Waals surface area contributed by atoms with Crippen LogP contribution in [0.2, 0.25) is 5.02 Å². The van der Waals surface area contributed by atoms with Crippen LogP contribution in [-0.4, -0.2) is 55.6 Å². The van der Waals surface area contributed by atoms with Gasteiger partial charge in [-0.15, -0.1) is 0 Å². The molecule has 1 heterocycles. The highest BCUT2D eigenvalue weighted by atomic mass is 35.5. The van der Waals surface area contributed by atoms with Crippen molar-refractivity contribution >= 4 is 29.5 Å². The van der Waals surface area contributed by atoms with Gasteiger partial charge in [0.1, 0.15) is 6.04 Å². The Morgan fingerprint density at radius 1 is 1.23 bits per heavy atom. The maximum absolute atomic E-state index is 13.3. The van der Waals surface area contributed by atoms with Gasteiger partial charge in [-0.05, 0) is 41.4 Å². The second-order valence-corrected chi connectivity index (χ2v) is 9.54. The molecule has 31 heavy (non-hydrogen) atoms. The summed E-state index contributed by atoms with van der Waals surface area (Å²) in [5.41, 5.74) is 1.12. The molecule has 2 atom stereocenters. The highest BCUT2D eigenvalue weighted by Crippen LogP contribution is 2.42. The Labute approximate surface area is 189 Å². The third-order valence-corrected chi connectivity index (χ3v) is 6.12. The summed E-state index contributed by atoms with van der Waals surface area (Å²) < 4.78 is 4.49. The quantitative estimate of drug-likeness (QED) is 0.663. The zero-order chi connectivity index (χ0) is 23.2. The molecular formula is C23H34ClN3O4. The molecule has 1 aromatic carbocycles. The number of hydrogen-bond donors (Lipinski definition) is 2. The number of carbonyl (C=O) groups excluding carboxylic acids is 3. The van der Waals surface area contributed by atoms with Crippen molar-refractivity contribution in [2.75, 3.05) is 26.7 Å². The molecule has 1 aliphatic rings. The normalized spacial score (nSPS) is 18.9. The summed E-state index contributed by atoms with van der Waals surface area (Å²) >= 11 is 6.03. The molecule has 2 N–H and O–H groups in total. The molecule has 0 radical (unpaired) electrons. The Kier molecular flexibility index (Phi) is 8.74. The Hall–Kier alpha value is -2.28. The lowest BCUT2D eigenvalue weighted by molar-refractivity contribution is -0.140. The molecule has 0 aliphatic carbocycles. The minimum atomic E-state index is -0.603. The second-order valence-electron chi connectivity index (χ2n) is 9.10. The number of rotatable bonds is 7. The van der Waals surface area contributed by atoms with E-state index in [1.54, 1.807) is 0 Å². The first-order valence-electron chi connectivity index (χ1n) is 10.7. The van der Waals surface area contributed by atoms with E-state index < -0.39 is 12.1 Å². The number of benzene rings is 1. The van der Waals surface area contributed by atoms with Gasteiger partial charge in [-0.1, -0.05) is 51.4 Å². The molecule has 0 aromatic heterocycles. The molecule has 3 amide bonds. The molecule has 0 bridgehead atoms. The molecule has 1 saturated heterocycles. The van der Waals surface area contributed by atoms with E-state index in [1.165, 1.54) is 12.7 Å². The second kappa shape index (κ2) is 10.8. The van der Waals surface area contributed by atoms with Gasteiger partial charge in [0, 0.05) is 31.1 Å². The van der Waals surface area contributed by atoms with Crippen LogP contribution in [0.15, 0.2) is 24.3 Å². The molecule has 1 aliphatic heterocycles. The zero-order valence-electron chi connectivity index (χ0n) is 19.0. The molecule has 0 spiro atoms. The fraction of sp³-hybridized carbons (Fsp3) is 0.609. The number of nitrogens with zero attached hydrogens (tertiary/aromatic N) is 1. The van der Waals surface area contributed by atoms with Crippen molar-refractivity contribution in [3.63, 3.8) is 0 Å². The van der Waals surface area contributed by atoms with Gasteiger partial charge >= 0.3 is 6.09 Å². The number of alkyl carbamates (subject to hydrolysis) is 1. The maximum atomic E-state index is 13.3. The number of hydrogen-bond acceptors (Lipinski definition) is 4. The predicted molar refractivity (Wildman–Crippen MR) is 121 cm³/mol. The van der Waals surface area contributed by atoms with Crippen molar-refractivity contribution in [1.82, 2.24) is 15.5 Å². The van der Waals surface area contributed by atoms with Crippen LogP contribution in [0.1, 0.15) is 52.0 Å². The third kappa shape index (κ3) is 6.86. The third-order valence-electron chi connectivity index (χ3n) is 5.87. The number of likely N-dealkylation sites (tertiary alicyclic amines) is 1. The average Bonchev–Trinajstić information content (AvgIpc) is 2.71. The molecule has 1 aromatic rings. The number of piperidine rings is 1. The first-order chi connectivity index (χ1) is 14.5. The van der Waals surface area contributed by atoms with Gasteiger partial charge < -0.3 is 20.3 Å². The maximum Gasteiger partial charge on any atom is 0.406 e. The first-order valence-corrected chi connectivity index (χ1v) is 11.1. The summed E-state index contributed by atoms with van der Waals surface area (Å²) in [5.74, 6) is -0.0712. The van der Waals surface area contributed by atoms with E-state index in [4.69, 9.17) is 11.6 Å². The Morgan fingerprint density at radius 2 is 1.87 bits per heavy atom. The van der Waals surface area contributed by atoms with Gasteiger partial charge in [0.2, 0.25) is 11.8 Å².